The van der Waals surface area contributed by atoms with Crippen LogP contribution in [-0.4, -0.2) is 19.6 Å². The van der Waals surface area contributed by atoms with E-state index in [4.69, 9.17) is 4.74 Å². The first kappa shape index (κ1) is 14.5. The molecule has 2 rings (SSSR count). The molecule has 1 saturated carbocycles. The first-order valence-corrected chi connectivity index (χ1v) is 7.05. The molecular weight excluding hydrogens is 313 g/mol. The second-order valence-electron chi connectivity index (χ2n) is 5.07. The van der Waals surface area contributed by atoms with Crippen LogP contribution in [0, 0.1) is 11.7 Å². The Morgan fingerprint density at radius 2 is 2.26 bits per heavy atom. The maximum absolute atomic E-state index is 14.1. The van der Waals surface area contributed by atoms with Crippen molar-refractivity contribution in [2.24, 2.45) is 5.92 Å². The lowest BCUT2D eigenvalue weighted by Crippen LogP contribution is -2.48. The Hall–Kier alpha value is -0.940. The van der Waals surface area contributed by atoms with E-state index in [2.05, 4.69) is 21.2 Å². The molecule has 1 unspecified atom stereocenters. The minimum atomic E-state index is -1.15. The van der Waals surface area contributed by atoms with Gasteiger partial charge in [0, 0.05) is 10.0 Å². The van der Waals surface area contributed by atoms with Crippen LogP contribution in [0.15, 0.2) is 22.7 Å². The number of hydrogen-bond acceptors (Lipinski definition) is 3. The third kappa shape index (κ3) is 3.15. The first-order chi connectivity index (χ1) is 8.97. The van der Waals surface area contributed by atoms with Crippen molar-refractivity contribution >= 4 is 21.9 Å². The Kier molecular flexibility index (Phi) is 4.26. The molecule has 0 heterocycles. The molecule has 1 N–H and O–H groups in total. The van der Waals surface area contributed by atoms with E-state index in [9.17, 15) is 9.18 Å². The molecular formula is C14H17BrFNO2. The predicted molar refractivity (Wildman–Crippen MR) is 74.2 cm³/mol. The molecule has 0 saturated heterocycles. The molecule has 1 fully saturated rings. The third-order valence-electron chi connectivity index (χ3n) is 3.50. The molecule has 0 aromatic heterocycles. The van der Waals surface area contributed by atoms with Gasteiger partial charge in [0.25, 0.3) is 0 Å². The highest BCUT2D eigenvalue weighted by molar-refractivity contribution is 9.10. The van der Waals surface area contributed by atoms with Crippen molar-refractivity contribution in [3.63, 3.8) is 0 Å². The highest BCUT2D eigenvalue weighted by atomic mass is 79.9. The zero-order valence-electron chi connectivity index (χ0n) is 11.0. The Labute approximate surface area is 120 Å². The van der Waals surface area contributed by atoms with Gasteiger partial charge in [-0.05, 0) is 44.4 Å². The monoisotopic (exact) mass is 329 g/mol. The van der Waals surface area contributed by atoms with E-state index >= 15 is 0 Å². The molecule has 1 aromatic carbocycles. The van der Waals surface area contributed by atoms with Crippen LogP contribution in [-0.2, 0) is 15.1 Å². The van der Waals surface area contributed by atoms with E-state index in [0.29, 0.717) is 22.5 Å². The lowest BCUT2D eigenvalue weighted by molar-refractivity contribution is -0.148. The van der Waals surface area contributed by atoms with Gasteiger partial charge in [-0.1, -0.05) is 22.0 Å². The normalized spacial score (nSPS) is 17.9. The standard InChI is InChI=1S/C14H17BrFNO2/c1-14(13(18)19-2,17-8-9-3-4-9)11-6-5-10(15)7-12(11)16/h5-7,9,17H,3-4,8H2,1-2H3. The van der Waals surface area contributed by atoms with Crippen LogP contribution in [0.3, 0.4) is 0 Å². The van der Waals surface area contributed by atoms with E-state index in [1.807, 2.05) is 0 Å². The van der Waals surface area contributed by atoms with Crippen molar-refractivity contribution in [2.45, 2.75) is 25.3 Å². The molecule has 1 aliphatic carbocycles. The summed E-state index contributed by atoms with van der Waals surface area (Å²) in [5.41, 5.74) is -0.842. The second kappa shape index (κ2) is 5.59. The zero-order chi connectivity index (χ0) is 14.0. The van der Waals surface area contributed by atoms with E-state index in [1.54, 1.807) is 19.1 Å². The SMILES string of the molecule is COC(=O)C(C)(NCC1CC1)c1ccc(Br)cc1F. The van der Waals surface area contributed by atoms with Crippen LogP contribution < -0.4 is 5.32 Å². The number of methoxy groups -OCH3 is 1. The van der Waals surface area contributed by atoms with Gasteiger partial charge in [0.15, 0.2) is 0 Å². The van der Waals surface area contributed by atoms with Crippen LogP contribution in [0.1, 0.15) is 25.3 Å². The Balaban J connectivity index is 2.31. The number of nitrogens with one attached hydrogen (secondary N) is 1. The fourth-order valence-corrected chi connectivity index (χ4v) is 2.38. The van der Waals surface area contributed by atoms with Crippen LogP contribution in [0.25, 0.3) is 0 Å². The molecule has 0 spiro atoms. The minimum absolute atomic E-state index is 0.309. The van der Waals surface area contributed by atoms with Crippen molar-refractivity contribution in [3.8, 4) is 0 Å². The van der Waals surface area contributed by atoms with Crippen molar-refractivity contribution in [3.05, 3.63) is 34.1 Å². The third-order valence-corrected chi connectivity index (χ3v) is 4.00. The smallest absolute Gasteiger partial charge is 0.330 e. The molecule has 0 radical (unpaired) electrons. The van der Waals surface area contributed by atoms with E-state index in [-0.39, 0.29) is 0 Å². The molecule has 19 heavy (non-hydrogen) atoms. The van der Waals surface area contributed by atoms with Crippen molar-refractivity contribution in [1.82, 2.24) is 5.32 Å². The Morgan fingerprint density at radius 3 is 2.79 bits per heavy atom. The molecule has 0 amide bonds. The van der Waals surface area contributed by atoms with Gasteiger partial charge in [-0.2, -0.15) is 0 Å². The Morgan fingerprint density at radius 1 is 1.58 bits per heavy atom. The summed E-state index contributed by atoms with van der Waals surface area (Å²) in [5, 5.41) is 3.16. The fourth-order valence-electron chi connectivity index (χ4n) is 2.05. The average molecular weight is 330 g/mol. The van der Waals surface area contributed by atoms with Gasteiger partial charge in [-0.15, -0.1) is 0 Å². The zero-order valence-corrected chi connectivity index (χ0v) is 12.6. The van der Waals surface area contributed by atoms with Crippen LogP contribution >= 0.6 is 15.9 Å². The summed E-state index contributed by atoms with van der Waals surface area (Å²) in [7, 11) is 1.32. The van der Waals surface area contributed by atoms with E-state index in [0.717, 1.165) is 12.8 Å². The number of carbonyl (C=O) groups is 1. The topological polar surface area (TPSA) is 38.3 Å². The molecule has 5 heteroatoms. The van der Waals surface area contributed by atoms with E-state index < -0.39 is 17.3 Å². The largest absolute Gasteiger partial charge is 0.467 e. The number of benzene rings is 1. The number of ether oxygens (including phenoxy) is 1. The van der Waals surface area contributed by atoms with Gasteiger partial charge in [-0.3, -0.25) is 5.32 Å². The predicted octanol–water partition coefficient (Wildman–Crippen LogP) is 2.98. The summed E-state index contributed by atoms with van der Waals surface area (Å²) < 4.78 is 19.6. The van der Waals surface area contributed by atoms with Gasteiger partial charge >= 0.3 is 5.97 Å². The maximum atomic E-state index is 14.1. The fraction of sp³-hybridized carbons (Fsp3) is 0.500. The number of rotatable bonds is 5. The van der Waals surface area contributed by atoms with Gasteiger partial charge in [0.2, 0.25) is 0 Å². The van der Waals surface area contributed by atoms with Gasteiger partial charge in [-0.25, -0.2) is 9.18 Å². The van der Waals surface area contributed by atoms with E-state index in [1.165, 1.54) is 13.2 Å². The quantitative estimate of drug-likeness (QED) is 0.844. The van der Waals surface area contributed by atoms with Gasteiger partial charge in [0.05, 0.1) is 7.11 Å². The summed E-state index contributed by atoms with van der Waals surface area (Å²) in [5.74, 6) is -0.317. The summed E-state index contributed by atoms with van der Waals surface area (Å²) in [4.78, 5) is 12.0. The second-order valence-corrected chi connectivity index (χ2v) is 5.98. The summed E-state index contributed by atoms with van der Waals surface area (Å²) in [6.07, 6.45) is 2.32. The van der Waals surface area contributed by atoms with Gasteiger partial charge < -0.3 is 4.74 Å². The molecule has 0 bridgehead atoms. The highest BCUT2D eigenvalue weighted by Gasteiger charge is 2.39. The van der Waals surface area contributed by atoms with Gasteiger partial charge in [0.1, 0.15) is 11.4 Å². The molecule has 1 atom stereocenters. The first-order valence-electron chi connectivity index (χ1n) is 6.26. The molecule has 3 nitrogen and oxygen atoms in total. The number of esters is 1. The minimum Gasteiger partial charge on any atom is -0.467 e. The number of halogens is 2. The number of carbonyl (C=O) groups excluding carboxylic acids is 1. The van der Waals surface area contributed by atoms with Crippen LogP contribution in [0.2, 0.25) is 0 Å². The summed E-state index contributed by atoms with van der Waals surface area (Å²) in [6, 6.07) is 4.68. The Bertz CT molecular complexity index is 490. The average Bonchev–Trinajstić information content (AvgIpc) is 3.19. The van der Waals surface area contributed by atoms with Crippen molar-refractivity contribution in [2.75, 3.05) is 13.7 Å². The van der Waals surface area contributed by atoms with Crippen molar-refractivity contribution < 1.29 is 13.9 Å². The van der Waals surface area contributed by atoms with Crippen molar-refractivity contribution in [1.29, 1.82) is 0 Å². The molecule has 104 valence electrons. The maximum Gasteiger partial charge on any atom is 0.330 e. The number of hydrogen-bond donors (Lipinski definition) is 1. The summed E-state index contributed by atoms with van der Waals surface area (Å²) in [6.45, 7) is 2.36. The lowest BCUT2D eigenvalue weighted by Gasteiger charge is -2.29. The molecule has 1 aliphatic rings. The molecule has 0 aliphatic heterocycles. The molecule has 1 aromatic rings. The van der Waals surface area contributed by atoms with Crippen LogP contribution in [0.4, 0.5) is 4.39 Å². The summed E-state index contributed by atoms with van der Waals surface area (Å²) >= 11 is 3.21. The lowest BCUT2D eigenvalue weighted by atomic mass is 9.91. The highest BCUT2D eigenvalue weighted by Crippen LogP contribution is 2.32. The van der Waals surface area contributed by atoms with Crippen LogP contribution in [0.5, 0.6) is 0 Å².